The zero-order chi connectivity index (χ0) is 14.9. The minimum atomic E-state index is -0.962. The topological polar surface area (TPSA) is 49.6 Å². The molecular weight excluding hydrogens is 250 g/mol. The molecule has 1 aromatic carbocycles. The second-order valence-corrected chi connectivity index (χ2v) is 6.14. The molecule has 1 heterocycles. The van der Waals surface area contributed by atoms with Crippen molar-refractivity contribution in [1.29, 1.82) is 0 Å². The third kappa shape index (κ3) is 2.72. The molecule has 0 radical (unpaired) electrons. The average Bonchev–Trinajstić information content (AvgIpc) is 2.44. The smallest absolute Gasteiger partial charge is 0.247 e. The first-order valence-electron chi connectivity index (χ1n) is 7.19. The van der Waals surface area contributed by atoms with E-state index < -0.39 is 5.54 Å². The van der Waals surface area contributed by atoms with E-state index in [0.29, 0.717) is 12.1 Å². The second kappa shape index (κ2) is 5.54. The maximum atomic E-state index is 12.8. The van der Waals surface area contributed by atoms with Gasteiger partial charge in [-0.2, -0.15) is 0 Å². The maximum absolute atomic E-state index is 12.8. The first kappa shape index (κ1) is 15.0. The van der Waals surface area contributed by atoms with Crippen molar-refractivity contribution in [2.45, 2.75) is 38.4 Å². The standard InChI is InChI=1S/C16H25N3O/c1-12-10-19(11-13(2)18(12)4)15(20)16(3,17)14-8-6-5-7-9-14/h5-9,12-13H,10-11,17H2,1-4H3. The van der Waals surface area contributed by atoms with Crippen molar-refractivity contribution < 1.29 is 4.79 Å². The molecule has 2 N–H and O–H groups in total. The molecule has 1 aliphatic rings. The molecule has 20 heavy (non-hydrogen) atoms. The minimum Gasteiger partial charge on any atom is -0.338 e. The van der Waals surface area contributed by atoms with E-state index >= 15 is 0 Å². The molecule has 3 unspecified atom stereocenters. The fourth-order valence-electron chi connectivity index (χ4n) is 2.81. The van der Waals surface area contributed by atoms with E-state index in [0.717, 1.165) is 18.7 Å². The molecular formula is C16H25N3O. The molecule has 2 rings (SSSR count). The van der Waals surface area contributed by atoms with Gasteiger partial charge in [-0.05, 0) is 33.4 Å². The van der Waals surface area contributed by atoms with Gasteiger partial charge in [0.15, 0.2) is 0 Å². The van der Waals surface area contributed by atoms with E-state index in [-0.39, 0.29) is 5.91 Å². The lowest BCUT2D eigenvalue weighted by Crippen LogP contribution is -2.61. The van der Waals surface area contributed by atoms with Crippen LogP contribution in [0.3, 0.4) is 0 Å². The number of amides is 1. The molecule has 0 spiro atoms. The zero-order valence-electron chi connectivity index (χ0n) is 12.8. The van der Waals surface area contributed by atoms with Gasteiger partial charge in [0.25, 0.3) is 0 Å². The van der Waals surface area contributed by atoms with Crippen molar-refractivity contribution in [2.24, 2.45) is 5.73 Å². The molecule has 4 heteroatoms. The number of hydrogen-bond donors (Lipinski definition) is 1. The van der Waals surface area contributed by atoms with Crippen molar-refractivity contribution in [1.82, 2.24) is 9.80 Å². The number of nitrogens with two attached hydrogens (primary N) is 1. The van der Waals surface area contributed by atoms with Crippen LogP contribution in [0.5, 0.6) is 0 Å². The summed E-state index contributed by atoms with van der Waals surface area (Å²) in [7, 11) is 2.11. The summed E-state index contributed by atoms with van der Waals surface area (Å²) in [6.07, 6.45) is 0. The summed E-state index contributed by atoms with van der Waals surface area (Å²) in [6.45, 7) is 7.57. The van der Waals surface area contributed by atoms with E-state index in [1.165, 1.54) is 0 Å². The molecule has 0 aromatic heterocycles. The zero-order valence-corrected chi connectivity index (χ0v) is 12.8. The van der Waals surface area contributed by atoms with Gasteiger partial charge < -0.3 is 10.6 Å². The molecule has 1 fully saturated rings. The van der Waals surface area contributed by atoms with Gasteiger partial charge in [-0.25, -0.2) is 0 Å². The minimum absolute atomic E-state index is 0.00972. The Kier molecular flexibility index (Phi) is 4.16. The molecule has 1 aliphatic heterocycles. The number of hydrogen-bond acceptors (Lipinski definition) is 3. The normalized spacial score (nSPS) is 27.1. The van der Waals surface area contributed by atoms with Crippen LogP contribution in [0.4, 0.5) is 0 Å². The Bertz CT molecular complexity index is 460. The van der Waals surface area contributed by atoms with E-state index in [4.69, 9.17) is 5.73 Å². The molecule has 3 atom stereocenters. The molecule has 0 bridgehead atoms. The maximum Gasteiger partial charge on any atom is 0.247 e. The molecule has 110 valence electrons. The fraction of sp³-hybridized carbons (Fsp3) is 0.562. The van der Waals surface area contributed by atoms with Crippen LogP contribution < -0.4 is 5.73 Å². The van der Waals surface area contributed by atoms with E-state index in [2.05, 4.69) is 25.8 Å². The molecule has 0 aliphatic carbocycles. The van der Waals surface area contributed by atoms with Crippen molar-refractivity contribution in [3.8, 4) is 0 Å². The Labute approximate surface area is 121 Å². The van der Waals surface area contributed by atoms with Crippen LogP contribution in [0.15, 0.2) is 30.3 Å². The summed E-state index contributed by atoms with van der Waals surface area (Å²) in [4.78, 5) is 17.0. The predicted molar refractivity (Wildman–Crippen MR) is 81.2 cm³/mol. The predicted octanol–water partition coefficient (Wildman–Crippen LogP) is 1.41. The van der Waals surface area contributed by atoms with Crippen molar-refractivity contribution >= 4 is 5.91 Å². The van der Waals surface area contributed by atoms with Gasteiger partial charge in [0.2, 0.25) is 5.91 Å². The first-order chi connectivity index (χ1) is 9.34. The second-order valence-electron chi connectivity index (χ2n) is 6.14. The first-order valence-corrected chi connectivity index (χ1v) is 7.19. The Hall–Kier alpha value is -1.39. The third-order valence-corrected chi connectivity index (χ3v) is 4.46. The molecule has 1 aromatic rings. The molecule has 1 saturated heterocycles. The SMILES string of the molecule is CC1CN(C(=O)C(C)(N)c2ccccc2)CC(C)N1C. The van der Waals surface area contributed by atoms with Gasteiger partial charge in [-0.1, -0.05) is 30.3 Å². The lowest BCUT2D eigenvalue weighted by molar-refractivity contribution is -0.140. The summed E-state index contributed by atoms with van der Waals surface area (Å²) in [5.74, 6) is 0.00972. The van der Waals surface area contributed by atoms with Gasteiger partial charge in [0.05, 0.1) is 0 Å². The Morgan fingerprint density at radius 3 is 2.20 bits per heavy atom. The highest BCUT2D eigenvalue weighted by atomic mass is 16.2. The van der Waals surface area contributed by atoms with Gasteiger partial charge >= 0.3 is 0 Å². The highest BCUT2D eigenvalue weighted by molar-refractivity contribution is 5.87. The number of carbonyl (C=O) groups excluding carboxylic acids is 1. The largest absolute Gasteiger partial charge is 0.338 e. The summed E-state index contributed by atoms with van der Waals surface area (Å²) < 4.78 is 0. The highest BCUT2D eigenvalue weighted by Crippen LogP contribution is 2.23. The number of likely N-dealkylation sites (N-methyl/N-ethyl adjacent to an activating group) is 1. The summed E-state index contributed by atoms with van der Waals surface area (Å²) in [5, 5.41) is 0. The Morgan fingerprint density at radius 2 is 1.70 bits per heavy atom. The van der Waals surface area contributed by atoms with Crippen molar-refractivity contribution in [3.63, 3.8) is 0 Å². The fourth-order valence-corrected chi connectivity index (χ4v) is 2.81. The van der Waals surface area contributed by atoms with Gasteiger partial charge in [0, 0.05) is 25.2 Å². The molecule has 1 amide bonds. The average molecular weight is 275 g/mol. The summed E-state index contributed by atoms with van der Waals surface area (Å²) >= 11 is 0. The number of piperazine rings is 1. The molecule has 0 saturated carbocycles. The van der Waals surface area contributed by atoms with Crippen LogP contribution in [-0.4, -0.2) is 47.9 Å². The van der Waals surface area contributed by atoms with Crippen LogP contribution in [0.25, 0.3) is 0 Å². The lowest BCUT2D eigenvalue weighted by Gasteiger charge is -2.44. The van der Waals surface area contributed by atoms with Crippen LogP contribution in [0, 0.1) is 0 Å². The highest BCUT2D eigenvalue weighted by Gasteiger charge is 2.38. The van der Waals surface area contributed by atoms with Crippen LogP contribution >= 0.6 is 0 Å². The Balaban J connectivity index is 2.19. The van der Waals surface area contributed by atoms with Crippen molar-refractivity contribution in [3.05, 3.63) is 35.9 Å². The van der Waals surface area contributed by atoms with Crippen LogP contribution in [0.1, 0.15) is 26.3 Å². The third-order valence-electron chi connectivity index (χ3n) is 4.46. The summed E-state index contributed by atoms with van der Waals surface area (Å²) in [6, 6.07) is 10.3. The molecule has 4 nitrogen and oxygen atoms in total. The van der Waals surface area contributed by atoms with E-state index in [1.54, 1.807) is 6.92 Å². The Morgan fingerprint density at radius 1 is 1.20 bits per heavy atom. The lowest BCUT2D eigenvalue weighted by atomic mass is 9.91. The van der Waals surface area contributed by atoms with E-state index in [1.807, 2.05) is 35.2 Å². The number of nitrogens with zero attached hydrogens (tertiary/aromatic N) is 2. The van der Waals surface area contributed by atoms with Crippen LogP contribution in [-0.2, 0) is 10.3 Å². The van der Waals surface area contributed by atoms with Gasteiger partial charge in [-0.15, -0.1) is 0 Å². The van der Waals surface area contributed by atoms with Gasteiger partial charge in [0.1, 0.15) is 5.54 Å². The number of benzene rings is 1. The summed E-state index contributed by atoms with van der Waals surface area (Å²) in [5.41, 5.74) is 6.24. The van der Waals surface area contributed by atoms with E-state index in [9.17, 15) is 4.79 Å². The van der Waals surface area contributed by atoms with Crippen LogP contribution in [0.2, 0.25) is 0 Å². The number of carbonyl (C=O) groups is 1. The van der Waals surface area contributed by atoms with Gasteiger partial charge in [-0.3, -0.25) is 9.69 Å². The number of rotatable bonds is 2. The quantitative estimate of drug-likeness (QED) is 0.888. The van der Waals surface area contributed by atoms with Crippen molar-refractivity contribution in [2.75, 3.05) is 20.1 Å². The monoisotopic (exact) mass is 275 g/mol.